The van der Waals surface area contributed by atoms with Gasteiger partial charge in [0.25, 0.3) is 11.5 Å². The molecular weight excluding hydrogens is 616 g/mol. The molecular formula is C25H25Br2ClN4O4. The molecule has 11 heteroatoms. The number of halogens is 3. The smallest absolute Gasteiger partial charge is 0.282 e. The number of hydrogen-bond acceptors (Lipinski definition) is 6. The Balaban J connectivity index is 1.60. The monoisotopic (exact) mass is 638 g/mol. The van der Waals surface area contributed by atoms with Crippen LogP contribution in [-0.4, -0.2) is 59.6 Å². The summed E-state index contributed by atoms with van der Waals surface area (Å²) in [4.78, 5) is 32.1. The normalized spacial score (nSPS) is 15.0. The van der Waals surface area contributed by atoms with E-state index < -0.39 is 0 Å². The van der Waals surface area contributed by atoms with Crippen LogP contribution >= 0.6 is 43.5 Å². The average Bonchev–Trinajstić information content (AvgIpc) is 2.87. The van der Waals surface area contributed by atoms with Gasteiger partial charge in [-0.3, -0.25) is 9.59 Å². The van der Waals surface area contributed by atoms with Crippen molar-refractivity contribution in [2.75, 3.05) is 32.9 Å². The zero-order valence-electron chi connectivity index (χ0n) is 19.8. The van der Waals surface area contributed by atoms with Crippen molar-refractivity contribution in [1.82, 2.24) is 14.6 Å². The molecule has 2 aromatic carbocycles. The van der Waals surface area contributed by atoms with E-state index in [0.29, 0.717) is 63.8 Å². The van der Waals surface area contributed by atoms with Crippen molar-refractivity contribution < 1.29 is 14.3 Å². The van der Waals surface area contributed by atoms with Crippen LogP contribution in [0, 0.1) is 0 Å². The van der Waals surface area contributed by atoms with Crippen LogP contribution in [0.2, 0.25) is 5.02 Å². The van der Waals surface area contributed by atoms with E-state index in [1.54, 1.807) is 29.3 Å². The molecule has 1 aliphatic rings. The van der Waals surface area contributed by atoms with Crippen LogP contribution in [0.4, 0.5) is 0 Å². The summed E-state index contributed by atoms with van der Waals surface area (Å²) in [5.74, 6) is 0.850. The molecule has 1 fully saturated rings. The van der Waals surface area contributed by atoms with Gasteiger partial charge in [-0.1, -0.05) is 41.4 Å². The topological polar surface area (TPSA) is 86.0 Å². The standard InChI is InChI=1S/C25H25Br2ClN4O4/c1-3-15(2)24-30-21-5-4-17(26)12-18(21)25(34)32(24)29-13-16-10-19(27)23(20(28)11-16)36-14-22(33)31-6-8-35-9-7-31/h4-5,10-13,15H,3,6-9,14H2,1-2H3/t15-/m0/s1. The molecule has 0 bridgehead atoms. The van der Waals surface area contributed by atoms with Gasteiger partial charge in [0.2, 0.25) is 0 Å². The average molecular weight is 641 g/mol. The maximum Gasteiger partial charge on any atom is 0.282 e. The lowest BCUT2D eigenvalue weighted by molar-refractivity contribution is -0.137. The Hall–Kier alpha value is -2.27. The van der Waals surface area contributed by atoms with Gasteiger partial charge in [-0.25, -0.2) is 4.98 Å². The second kappa shape index (κ2) is 11.9. The van der Waals surface area contributed by atoms with Crippen molar-refractivity contribution in [3.63, 3.8) is 0 Å². The van der Waals surface area contributed by atoms with Crippen molar-refractivity contribution in [3.8, 4) is 5.75 Å². The molecule has 0 saturated carbocycles. The highest BCUT2D eigenvalue weighted by Gasteiger charge is 2.19. The van der Waals surface area contributed by atoms with Gasteiger partial charge in [0, 0.05) is 23.5 Å². The Morgan fingerprint density at radius 1 is 1.28 bits per heavy atom. The summed E-state index contributed by atoms with van der Waals surface area (Å²) in [7, 11) is 0. The quantitative estimate of drug-likeness (QED) is 0.331. The van der Waals surface area contributed by atoms with Gasteiger partial charge >= 0.3 is 0 Å². The van der Waals surface area contributed by atoms with Crippen LogP contribution in [0.1, 0.15) is 37.6 Å². The first-order chi connectivity index (χ1) is 17.3. The number of morpholine rings is 1. The van der Waals surface area contributed by atoms with Crippen LogP contribution in [0.3, 0.4) is 0 Å². The van der Waals surface area contributed by atoms with E-state index in [1.807, 2.05) is 26.0 Å². The van der Waals surface area contributed by atoms with Gasteiger partial charge in [-0.2, -0.15) is 9.78 Å². The molecule has 190 valence electrons. The largest absolute Gasteiger partial charge is 0.481 e. The summed E-state index contributed by atoms with van der Waals surface area (Å²) in [6.07, 6.45) is 2.36. The van der Waals surface area contributed by atoms with Crippen LogP contribution in [0.25, 0.3) is 10.9 Å². The minimum atomic E-state index is -0.250. The molecule has 0 radical (unpaired) electrons. The fourth-order valence-electron chi connectivity index (χ4n) is 3.73. The third kappa shape index (κ3) is 5.99. The fourth-order valence-corrected chi connectivity index (χ4v) is 5.08. The van der Waals surface area contributed by atoms with Gasteiger partial charge in [-0.05, 0) is 58.2 Å². The van der Waals surface area contributed by atoms with E-state index in [1.165, 1.54) is 4.68 Å². The highest BCUT2D eigenvalue weighted by atomic mass is 79.9. The predicted octanol–water partition coefficient (Wildman–Crippen LogP) is 5.21. The number of hydrogen-bond donors (Lipinski definition) is 0. The molecule has 1 aromatic heterocycles. The Labute approximate surface area is 230 Å². The zero-order chi connectivity index (χ0) is 25.8. The molecule has 0 N–H and O–H groups in total. The van der Waals surface area contributed by atoms with E-state index in [2.05, 4.69) is 37.0 Å². The molecule has 0 spiro atoms. The number of nitrogens with zero attached hydrogens (tertiary/aromatic N) is 4. The number of fused-ring (bicyclic) bond motifs is 1. The summed E-state index contributed by atoms with van der Waals surface area (Å²) >= 11 is 13.4. The molecule has 2 heterocycles. The number of ether oxygens (including phenoxy) is 2. The lowest BCUT2D eigenvalue weighted by Gasteiger charge is -2.26. The number of aromatic nitrogens is 2. The molecule has 3 aromatic rings. The molecule has 36 heavy (non-hydrogen) atoms. The summed E-state index contributed by atoms with van der Waals surface area (Å²) in [6.45, 7) is 6.06. The van der Waals surface area contributed by atoms with Gasteiger partial charge in [0.15, 0.2) is 12.4 Å². The summed E-state index contributed by atoms with van der Waals surface area (Å²) in [5, 5.41) is 5.27. The number of carbonyl (C=O) groups excluding carboxylic acids is 1. The summed E-state index contributed by atoms with van der Waals surface area (Å²) < 4.78 is 13.7. The van der Waals surface area contributed by atoms with Gasteiger partial charge in [-0.15, -0.1) is 0 Å². The first-order valence-electron chi connectivity index (χ1n) is 11.5. The van der Waals surface area contributed by atoms with Gasteiger partial charge in [0.05, 0.1) is 39.8 Å². The lowest BCUT2D eigenvalue weighted by atomic mass is 10.1. The number of benzene rings is 2. The highest BCUT2D eigenvalue weighted by Crippen LogP contribution is 2.34. The lowest BCUT2D eigenvalue weighted by Crippen LogP contribution is -2.43. The van der Waals surface area contributed by atoms with Gasteiger partial charge in [0.1, 0.15) is 5.82 Å². The van der Waals surface area contributed by atoms with E-state index in [0.717, 1.165) is 10.9 Å². The number of amides is 1. The second-order valence-corrected chi connectivity index (χ2v) is 10.6. The molecule has 0 aliphatic carbocycles. The Morgan fingerprint density at radius 2 is 2.03 bits per heavy atom. The Morgan fingerprint density at radius 3 is 2.72 bits per heavy atom. The van der Waals surface area contributed by atoms with Crippen molar-refractivity contribution in [2.45, 2.75) is 26.2 Å². The minimum absolute atomic E-state index is 0.0259. The van der Waals surface area contributed by atoms with Crippen LogP contribution < -0.4 is 10.3 Å². The number of rotatable bonds is 7. The van der Waals surface area contributed by atoms with E-state index in [-0.39, 0.29) is 24.0 Å². The zero-order valence-corrected chi connectivity index (χ0v) is 23.8. The van der Waals surface area contributed by atoms with Crippen LogP contribution in [0.15, 0.2) is 49.2 Å². The maximum absolute atomic E-state index is 13.3. The SMILES string of the molecule is CC[C@H](C)c1nc2ccc(Br)cc2c(=O)n1N=Cc1cc(Cl)c(OCC(=O)N2CCOCC2)c(Br)c1. The van der Waals surface area contributed by atoms with Crippen LogP contribution in [-0.2, 0) is 9.53 Å². The Kier molecular flexibility index (Phi) is 8.82. The summed E-state index contributed by atoms with van der Waals surface area (Å²) in [5.41, 5.74) is 1.03. The first-order valence-corrected chi connectivity index (χ1v) is 13.5. The highest BCUT2D eigenvalue weighted by molar-refractivity contribution is 9.10. The maximum atomic E-state index is 13.3. The Bertz CT molecular complexity index is 1350. The van der Waals surface area contributed by atoms with E-state index >= 15 is 0 Å². The molecule has 1 atom stereocenters. The third-order valence-corrected chi connectivity index (χ3v) is 7.30. The molecule has 0 unspecified atom stereocenters. The van der Waals surface area contributed by atoms with Gasteiger partial charge < -0.3 is 14.4 Å². The fraction of sp³-hybridized carbons (Fsp3) is 0.360. The third-order valence-electron chi connectivity index (χ3n) is 5.93. The van der Waals surface area contributed by atoms with Crippen molar-refractivity contribution in [3.05, 3.63) is 66.0 Å². The molecule has 4 rings (SSSR count). The molecule has 1 saturated heterocycles. The van der Waals surface area contributed by atoms with E-state index in [9.17, 15) is 9.59 Å². The molecule has 1 amide bonds. The number of carbonyl (C=O) groups is 1. The second-order valence-electron chi connectivity index (χ2n) is 8.40. The molecule has 1 aliphatic heterocycles. The first kappa shape index (κ1) is 26.8. The van der Waals surface area contributed by atoms with Crippen molar-refractivity contribution >= 4 is 66.5 Å². The predicted molar refractivity (Wildman–Crippen MR) is 147 cm³/mol. The van der Waals surface area contributed by atoms with E-state index in [4.69, 9.17) is 26.1 Å². The van der Waals surface area contributed by atoms with Crippen molar-refractivity contribution in [2.24, 2.45) is 5.10 Å². The molecule has 8 nitrogen and oxygen atoms in total. The minimum Gasteiger partial charge on any atom is -0.481 e. The van der Waals surface area contributed by atoms with Crippen molar-refractivity contribution in [1.29, 1.82) is 0 Å². The summed E-state index contributed by atoms with van der Waals surface area (Å²) in [6, 6.07) is 8.86. The van der Waals surface area contributed by atoms with Crippen LogP contribution in [0.5, 0.6) is 5.75 Å².